The lowest BCUT2D eigenvalue weighted by Crippen LogP contribution is -2.48. The topological polar surface area (TPSA) is 43.8 Å². The van der Waals surface area contributed by atoms with E-state index in [4.69, 9.17) is 28.3 Å². The molecule has 1 aliphatic heterocycles. The minimum Gasteiger partial charge on any atom is -0.480 e. The smallest absolute Gasteiger partial charge is 0.317 e. The molecule has 2 rings (SSSR count). The van der Waals surface area contributed by atoms with Crippen molar-refractivity contribution in [2.24, 2.45) is 0 Å². The molecule has 1 heterocycles. The van der Waals surface area contributed by atoms with Gasteiger partial charge in [-0.05, 0) is 18.2 Å². The largest absolute Gasteiger partial charge is 0.480 e. The molecule has 6 heteroatoms. The number of nitrogens with zero attached hydrogens (tertiary/aromatic N) is 2. The van der Waals surface area contributed by atoms with Gasteiger partial charge in [-0.2, -0.15) is 0 Å². The van der Waals surface area contributed by atoms with E-state index in [9.17, 15) is 4.79 Å². The van der Waals surface area contributed by atoms with Gasteiger partial charge in [-0.3, -0.25) is 9.69 Å². The van der Waals surface area contributed by atoms with Gasteiger partial charge in [-0.25, -0.2) is 0 Å². The highest BCUT2D eigenvalue weighted by molar-refractivity contribution is 6.35. The maximum absolute atomic E-state index is 10.6. The van der Waals surface area contributed by atoms with E-state index in [2.05, 4.69) is 4.90 Å². The molecule has 0 radical (unpaired) electrons. The minimum absolute atomic E-state index is 0.101. The lowest BCUT2D eigenvalue weighted by atomic mass is 10.2. The normalized spacial score (nSPS) is 16.9. The molecule has 1 fully saturated rings. The Balaban J connectivity index is 1.98. The molecular weight excluding hydrogens is 275 g/mol. The maximum atomic E-state index is 10.6. The van der Waals surface area contributed by atoms with Crippen molar-refractivity contribution in [3.05, 3.63) is 28.2 Å². The second kappa shape index (κ2) is 5.78. The number of benzene rings is 1. The van der Waals surface area contributed by atoms with Crippen LogP contribution in [-0.4, -0.2) is 48.7 Å². The van der Waals surface area contributed by atoms with Crippen LogP contribution in [0.5, 0.6) is 0 Å². The highest BCUT2D eigenvalue weighted by Gasteiger charge is 2.19. The Bertz CT molecular complexity index is 425. The van der Waals surface area contributed by atoms with Gasteiger partial charge in [0.25, 0.3) is 0 Å². The molecule has 0 unspecified atom stereocenters. The van der Waals surface area contributed by atoms with Gasteiger partial charge in [0.05, 0.1) is 6.54 Å². The van der Waals surface area contributed by atoms with Crippen LogP contribution in [0.3, 0.4) is 0 Å². The Hall–Kier alpha value is -0.970. The SMILES string of the molecule is O=C(O)CN1CCN(c2cc(Cl)cc(Cl)c2)CC1. The number of anilines is 1. The van der Waals surface area contributed by atoms with Crippen molar-refractivity contribution >= 4 is 34.9 Å². The molecule has 1 aliphatic rings. The monoisotopic (exact) mass is 288 g/mol. The second-order valence-electron chi connectivity index (χ2n) is 4.28. The van der Waals surface area contributed by atoms with Crippen LogP contribution in [0.25, 0.3) is 0 Å². The van der Waals surface area contributed by atoms with E-state index in [-0.39, 0.29) is 6.54 Å². The van der Waals surface area contributed by atoms with Crippen LogP contribution in [-0.2, 0) is 4.79 Å². The summed E-state index contributed by atoms with van der Waals surface area (Å²) < 4.78 is 0. The van der Waals surface area contributed by atoms with E-state index >= 15 is 0 Å². The van der Waals surface area contributed by atoms with Gasteiger partial charge in [-0.1, -0.05) is 23.2 Å². The van der Waals surface area contributed by atoms with Gasteiger partial charge in [0, 0.05) is 41.9 Å². The predicted octanol–water partition coefficient (Wildman–Crippen LogP) is 2.20. The highest BCUT2D eigenvalue weighted by Crippen LogP contribution is 2.26. The lowest BCUT2D eigenvalue weighted by Gasteiger charge is -2.35. The van der Waals surface area contributed by atoms with Crippen molar-refractivity contribution in [1.29, 1.82) is 0 Å². The maximum Gasteiger partial charge on any atom is 0.317 e. The van der Waals surface area contributed by atoms with Gasteiger partial charge in [0.2, 0.25) is 0 Å². The fourth-order valence-electron chi connectivity index (χ4n) is 2.08. The number of carboxylic acid groups (broad SMARTS) is 1. The molecule has 0 aliphatic carbocycles. The van der Waals surface area contributed by atoms with Crippen molar-refractivity contribution in [3.8, 4) is 0 Å². The molecule has 0 bridgehead atoms. The molecule has 0 saturated carbocycles. The molecule has 0 aromatic heterocycles. The fraction of sp³-hybridized carbons (Fsp3) is 0.417. The van der Waals surface area contributed by atoms with Crippen LogP contribution in [0.2, 0.25) is 10.0 Å². The molecule has 1 saturated heterocycles. The van der Waals surface area contributed by atoms with Gasteiger partial charge in [0.1, 0.15) is 0 Å². The standard InChI is InChI=1S/C12H14Cl2N2O2/c13-9-5-10(14)7-11(6-9)16-3-1-15(2-4-16)8-12(17)18/h5-7H,1-4,8H2,(H,17,18). The number of rotatable bonds is 3. The highest BCUT2D eigenvalue weighted by atomic mass is 35.5. The molecule has 1 N–H and O–H groups in total. The summed E-state index contributed by atoms with van der Waals surface area (Å²) in [5, 5.41) is 9.96. The summed E-state index contributed by atoms with van der Waals surface area (Å²) in [6.07, 6.45) is 0. The van der Waals surface area contributed by atoms with E-state index in [1.165, 1.54) is 0 Å². The quantitative estimate of drug-likeness (QED) is 0.926. The van der Waals surface area contributed by atoms with E-state index in [0.717, 1.165) is 31.9 Å². The van der Waals surface area contributed by atoms with Gasteiger partial charge in [-0.15, -0.1) is 0 Å². The molecule has 18 heavy (non-hydrogen) atoms. The molecule has 0 amide bonds. The van der Waals surface area contributed by atoms with E-state index in [1.54, 1.807) is 6.07 Å². The molecule has 0 atom stereocenters. The first-order valence-corrected chi connectivity index (χ1v) is 6.45. The molecule has 1 aromatic carbocycles. The molecular formula is C12H14Cl2N2O2. The fourth-order valence-corrected chi connectivity index (χ4v) is 2.59. The first-order chi connectivity index (χ1) is 8.54. The predicted molar refractivity (Wildman–Crippen MR) is 72.8 cm³/mol. The molecule has 1 aromatic rings. The van der Waals surface area contributed by atoms with Crippen LogP contribution in [0, 0.1) is 0 Å². The third-order valence-electron chi connectivity index (χ3n) is 2.94. The third kappa shape index (κ3) is 3.51. The average Bonchev–Trinajstić information content (AvgIpc) is 2.27. The van der Waals surface area contributed by atoms with Crippen LogP contribution >= 0.6 is 23.2 Å². The number of halogens is 2. The first kappa shape index (κ1) is 13.5. The van der Waals surface area contributed by atoms with E-state index < -0.39 is 5.97 Å². The molecule has 4 nitrogen and oxygen atoms in total. The number of carbonyl (C=O) groups is 1. The zero-order chi connectivity index (χ0) is 13.1. The van der Waals surface area contributed by atoms with Crippen molar-refractivity contribution in [3.63, 3.8) is 0 Å². The summed E-state index contributed by atoms with van der Waals surface area (Å²) in [4.78, 5) is 14.7. The Labute approximate surface area is 116 Å². The third-order valence-corrected chi connectivity index (χ3v) is 3.38. The van der Waals surface area contributed by atoms with Crippen molar-refractivity contribution in [1.82, 2.24) is 4.90 Å². The summed E-state index contributed by atoms with van der Waals surface area (Å²) in [6.45, 7) is 3.13. The Kier molecular flexibility index (Phi) is 4.32. The number of aliphatic carboxylic acids is 1. The summed E-state index contributed by atoms with van der Waals surface area (Å²) in [7, 11) is 0. The summed E-state index contributed by atoms with van der Waals surface area (Å²) >= 11 is 11.9. The Morgan fingerprint density at radius 1 is 1.11 bits per heavy atom. The van der Waals surface area contributed by atoms with Crippen molar-refractivity contribution in [2.75, 3.05) is 37.6 Å². The van der Waals surface area contributed by atoms with Gasteiger partial charge < -0.3 is 10.0 Å². The molecule has 98 valence electrons. The first-order valence-electron chi connectivity index (χ1n) is 5.70. The number of hydrogen-bond donors (Lipinski definition) is 1. The summed E-state index contributed by atoms with van der Waals surface area (Å²) in [6, 6.07) is 5.45. The minimum atomic E-state index is -0.783. The van der Waals surface area contributed by atoms with Crippen molar-refractivity contribution in [2.45, 2.75) is 0 Å². The number of carboxylic acids is 1. The zero-order valence-corrected chi connectivity index (χ0v) is 11.3. The summed E-state index contributed by atoms with van der Waals surface area (Å²) in [5.41, 5.74) is 0.988. The summed E-state index contributed by atoms with van der Waals surface area (Å²) in [5.74, 6) is -0.783. The Morgan fingerprint density at radius 3 is 2.17 bits per heavy atom. The average molecular weight is 289 g/mol. The zero-order valence-electron chi connectivity index (χ0n) is 9.77. The van der Waals surface area contributed by atoms with Crippen LogP contribution < -0.4 is 4.90 Å². The number of piperazine rings is 1. The van der Waals surface area contributed by atoms with Gasteiger partial charge in [0.15, 0.2) is 0 Å². The van der Waals surface area contributed by atoms with E-state index in [1.807, 2.05) is 17.0 Å². The van der Waals surface area contributed by atoms with Crippen LogP contribution in [0.15, 0.2) is 18.2 Å². The Morgan fingerprint density at radius 2 is 1.67 bits per heavy atom. The van der Waals surface area contributed by atoms with Crippen LogP contribution in [0.1, 0.15) is 0 Å². The number of hydrogen-bond acceptors (Lipinski definition) is 3. The molecule has 0 spiro atoms. The van der Waals surface area contributed by atoms with Crippen LogP contribution in [0.4, 0.5) is 5.69 Å². The van der Waals surface area contributed by atoms with E-state index in [0.29, 0.717) is 10.0 Å². The lowest BCUT2D eigenvalue weighted by molar-refractivity contribution is -0.138. The van der Waals surface area contributed by atoms with Gasteiger partial charge >= 0.3 is 5.97 Å². The second-order valence-corrected chi connectivity index (χ2v) is 5.16. The van der Waals surface area contributed by atoms with Crippen molar-refractivity contribution < 1.29 is 9.90 Å².